The molecule has 1 fully saturated rings. The number of aryl methyl sites for hydroxylation is 1. The van der Waals surface area contributed by atoms with Gasteiger partial charge in [-0.3, -0.25) is 13.3 Å². The van der Waals surface area contributed by atoms with Gasteiger partial charge in [-0.1, -0.05) is 0 Å². The third-order valence-electron chi connectivity index (χ3n) is 5.17. The molecule has 10 nitrogen and oxygen atoms in total. The molecule has 15 heteroatoms. The molecular weight excluding hydrogens is 476 g/mol. The van der Waals surface area contributed by atoms with E-state index in [2.05, 4.69) is 0 Å². The van der Waals surface area contributed by atoms with E-state index in [4.69, 9.17) is 0 Å². The van der Waals surface area contributed by atoms with Crippen LogP contribution >= 0.6 is 0 Å². The number of likely N-dealkylation sites (tertiary alicyclic amines) is 1. The highest BCUT2D eigenvalue weighted by Gasteiger charge is 2.41. The lowest BCUT2D eigenvalue weighted by Gasteiger charge is -2.33. The zero-order chi connectivity index (χ0) is 24.6. The molecule has 0 saturated carbocycles. The number of halogens is 4. The third-order valence-corrected chi connectivity index (χ3v) is 5.96. The highest BCUT2D eigenvalue weighted by molar-refractivity contribution is 7.80. The molecule has 3 N–H and O–H groups in total. The number of carbonyl (C=O) groups excluding carboxylic acids is 1. The Morgan fingerprint density at radius 1 is 1.21 bits per heavy atom. The molecule has 3 rings (SSSR count). The Balaban J connectivity index is 1.96. The van der Waals surface area contributed by atoms with E-state index in [0.717, 1.165) is 15.7 Å². The van der Waals surface area contributed by atoms with Crippen molar-refractivity contribution in [3.63, 3.8) is 0 Å². The number of carboxylic acid groups (broad SMARTS) is 1. The molecule has 1 aliphatic rings. The van der Waals surface area contributed by atoms with Gasteiger partial charge in [0.25, 0.3) is 5.91 Å². The van der Waals surface area contributed by atoms with Gasteiger partial charge in [0.15, 0.2) is 23.3 Å². The summed E-state index contributed by atoms with van der Waals surface area (Å²) in [6.07, 6.45) is -0.413. The minimum atomic E-state index is -3.13. The molecule has 1 aliphatic heterocycles. The number of rotatable bonds is 6. The van der Waals surface area contributed by atoms with Crippen LogP contribution in [0.15, 0.2) is 18.3 Å². The molecule has 180 valence electrons. The molecule has 0 radical (unpaired) electrons. The molecule has 2 amide bonds. The highest BCUT2D eigenvalue weighted by Crippen LogP contribution is 2.32. The average molecular weight is 493 g/mol. The van der Waals surface area contributed by atoms with Gasteiger partial charge in [0.2, 0.25) is 0 Å². The van der Waals surface area contributed by atoms with E-state index >= 15 is 4.39 Å². The van der Waals surface area contributed by atoms with Gasteiger partial charge in [-0.2, -0.15) is 0 Å². The number of carbonyl (C=O) groups is 2. The van der Waals surface area contributed by atoms with E-state index in [0.29, 0.717) is 16.4 Å². The second-order valence-corrected chi connectivity index (χ2v) is 8.06. The van der Waals surface area contributed by atoms with Crippen LogP contribution in [0.25, 0.3) is 0 Å². The number of nitrogens with zero attached hydrogens (tertiary/aromatic N) is 3. The molecule has 1 aromatic carbocycles. The predicted molar refractivity (Wildman–Crippen MR) is 105 cm³/mol. The van der Waals surface area contributed by atoms with Gasteiger partial charge in [0.1, 0.15) is 11.4 Å². The van der Waals surface area contributed by atoms with Crippen molar-refractivity contribution in [3.8, 4) is 0 Å². The van der Waals surface area contributed by atoms with Crippen molar-refractivity contribution in [3.05, 3.63) is 47.3 Å². The molecular formula is C18H17F4N4O6S-. The fourth-order valence-electron chi connectivity index (χ4n) is 3.64. The summed E-state index contributed by atoms with van der Waals surface area (Å²) in [5.74, 6) is -8.37. The van der Waals surface area contributed by atoms with Gasteiger partial charge in [-0.25, -0.2) is 22.4 Å². The Morgan fingerprint density at radius 3 is 2.33 bits per heavy atom. The van der Waals surface area contributed by atoms with Crippen LogP contribution in [0.2, 0.25) is 0 Å². The summed E-state index contributed by atoms with van der Waals surface area (Å²) in [6, 6.07) is -0.221. The number of hydrogen-bond donors (Lipinski definition) is 3. The number of benzene rings is 1. The fraction of sp³-hybridized carbons (Fsp3) is 0.333. The Hall–Kier alpha value is -3.17. The topological polar surface area (TPSA) is 138 Å². The molecule has 0 aliphatic carbocycles. The van der Waals surface area contributed by atoms with E-state index in [1.165, 1.54) is 7.05 Å². The normalized spacial score (nSPS) is 18.9. The van der Waals surface area contributed by atoms with E-state index in [-0.39, 0.29) is 13.1 Å². The molecule has 0 spiro atoms. The first-order valence-corrected chi connectivity index (χ1v) is 10.3. The smallest absolute Gasteiger partial charge is 0.407 e. The first-order valence-electron chi connectivity index (χ1n) is 9.24. The summed E-state index contributed by atoms with van der Waals surface area (Å²) in [6.45, 7) is -1.15. The monoisotopic (exact) mass is 493 g/mol. The van der Waals surface area contributed by atoms with Crippen molar-refractivity contribution < 1.29 is 46.1 Å². The minimum Gasteiger partial charge on any atom is -0.755 e. The zero-order valence-corrected chi connectivity index (χ0v) is 17.6. The number of amides is 2. The van der Waals surface area contributed by atoms with Crippen LogP contribution < -0.4 is 9.62 Å². The SMILES string of the molecule is Cn1cc(N(C2CN(C(=O)O)CC2CO)S(=O)[O-])c(F)c1C(=O)Nc1cc(F)c(F)c(F)c1. The summed E-state index contributed by atoms with van der Waals surface area (Å²) in [5.41, 5.74) is -1.85. The second-order valence-electron chi connectivity index (χ2n) is 7.24. The lowest BCUT2D eigenvalue weighted by molar-refractivity contribution is 0.101. The van der Waals surface area contributed by atoms with Crippen molar-refractivity contribution in [1.82, 2.24) is 9.47 Å². The molecule has 33 heavy (non-hydrogen) atoms. The van der Waals surface area contributed by atoms with Crippen molar-refractivity contribution in [2.24, 2.45) is 13.0 Å². The minimum absolute atomic E-state index is 0.201. The van der Waals surface area contributed by atoms with Crippen molar-refractivity contribution in [1.29, 1.82) is 0 Å². The van der Waals surface area contributed by atoms with Crippen molar-refractivity contribution in [2.45, 2.75) is 6.04 Å². The number of aliphatic hydroxyl groups is 1. The fourth-order valence-corrected chi connectivity index (χ4v) is 4.38. The van der Waals surface area contributed by atoms with Gasteiger partial charge < -0.3 is 29.5 Å². The van der Waals surface area contributed by atoms with Gasteiger partial charge in [-0.05, 0) is 0 Å². The van der Waals surface area contributed by atoms with Crippen LogP contribution in [0.1, 0.15) is 10.5 Å². The first kappa shape index (κ1) is 24.5. The number of hydrogen-bond acceptors (Lipinski definition) is 5. The van der Waals surface area contributed by atoms with Gasteiger partial charge in [-0.15, -0.1) is 0 Å². The largest absolute Gasteiger partial charge is 0.755 e. The number of aliphatic hydroxyl groups excluding tert-OH is 1. The number of aromatic nitrogens is 1. The zero-order valence-electron chi connectivity index (χ0n) is 16.8. The van der Waals surface area contributed by atoms with Crippen LogP contribution in [0.4, 0.5) is 33.7 Å². The molecule has 2 heterocycles. The quantitative estimate of drug-likeness (QED) is 0.316. The van der Waals surface area contributed by atoms with E-state index < -0.39 is 82.2 Å². The maximum Gasteiger partial charge on any atom is 0.407 e. The van der Waals surface area contributed by atoms with Gasteiger partial charge in [0.05, 0.1) is 6.04 Å². The summed E-state index contributed by atoms with van der Waals surface area (Å²) < 4.78 is 80.4. The molecule has 1 aromatic heterocycles. The molecule has 3 unspecified atom stereocenters. The Kier molecular flexibility index (Phi) is 6.94. The van der Waals surface area contributed by atoms with E-state index in [9.17, 15) is 41.7 Å². The Morgan fingerprint density at radius 2 is 1.82 bits per heavy atom. The summed E-state index contributed by atoms with van der Waals surface area (Å²) >= 11 is -3.13. The van der Waals surface area contributed by atoms with E-state index in [1.807, 2.05) is 5.32 Å². The van der Waals surface area contributed by atoms with Crippen LogP contribution in [0, 0.1) is 29.2 Å². The molecule has 0 bridgehead atoms. The van der Waals surface area contributed by atoms with Crippen molar-refractivity contribution >= 4 is 34.6 Å². The van der Waals surface area contributed by atoms with Crippen LogP contribution in [0.5, 0.6) is 0 Å². The maximum absolute atomic E-state index is 15.2. The van der Waals surface area contributed by atoms with Gasteiger partial charge in [0, 0.05) is 67.9 Å². The molecule has 1 saturated heterocycles. The highest BCUT2D eigenvalue weighted by atomic mass is 32.2. The van der Waals surface area contributed by atoms with Crippen molar-refractivity contribution in [2.75, 3.05) is 29.3 Å². The van der Waals surface area contributed by atoms with Crippen LogP contribution in [0.3, 0.4) is 0 Å². The molecule has 3 atom stereocenters. The first-order chi connectivity index (χ1) is 15.5. The predicted octanol–water partition coefficient (Wildman–Crippen LogP) is 1.41. The van der Waals surface area contributed by atoms with Gasteiger partial charge >= 0.3 is 6.09 Å². The lowest BCUT2D eigenvalue weighted by Crippen LogP contribution is -2.43. The maximum atomic E-state index is 15.2. The summed E-state index contributed by atoms with van der Waals surface area (Å²) in [4.78, 5) is 24.7. The summed E-state index contributed by atoms with van der Waals surface area (Å²) in [5, 5.41) is 20.7. The van der Waals surface area contributed by atoms with E-state index in [1.54, 1.807) is 0 Å². The van der Waals surface area contributed by atoms with Crippen LogP contribution in [-0.2, 0) is 18.3 Å². The standard InChI is InChI=1S/C18H18F4N4O6S/c1-24-5-13(26(33(31)32)12-6-25(18(29)30)4-8(12)7-27)15(22)16(24)17(28)23-9-2-10(19)14(21)11(20)3-9/h2-3,5,8,12,27H,4,6-7H2,1H3,(H,23,28)(H,29,30)(H,31,32)/p-1. The molecule has 2 aromatic rings. The third kappa shape index (κ3) is 4.65. The lowest BCUT2D eigenvalue weighted by atomic mass is 10.1. The average Bonchev–Trinajstić information content (AvgIpc) is 3.27. The Bertz CT molecular complexity index is 1110. The Labute approximate surface area is 186 Å². The summed E-state index contributed by atoms with van der Waals surface area (Å²) in [7, 11) is 1.20. The number of anilines is 2. The van der Waals surface area contributed by atoms with Crippen LogP contribution in [-0.4, -0.2) is 66.2 Å². The number of nitrogens with one attached hydrogen (secondary N) is 1. The second kappa shape index (κ2) is 9.36.